The summed E-state index contributed by atoms with van der Waals surface area (Å²) in [7, 11) is 1.48. The normalized spacial score (nSPS) is 13.8. The molecule has 20 heavy (non-hydrogen) atoms. The van der Waals surface area contributed by atoms with E-state index in [1.165, 1.54) is 18.4 Å². The molecule has 0 saturated carbocycles. The Morgan fingerprint density at radius 2 is 2.05 bits per heavy atom. The molecule has 0 spiro atoms. The smallest absolute Gasteiger partial charge is 0.261 e. The van der Waals surface area contributed by atoms with Crippen LogP contribution >= 0.6 is 22.9 Å². The first kappa shape index (κ1) is 13.1. The number of nitrogens with zero attached hydrogens (tertiary/aromatic N) is 2. The Morgan fingerprint density at radius 1 is 1.30 bits per heavy atom. The van der Waals surface area contributed by atoms with E-state index in [0.29, 0.717) is 22.0 Å². The Kier molecular flexibility index (Phi) is 3.19. The number of benzene rings is 1. The zero-order chi connectivity index (χ0) is 14.3. The molecule has 1 aliphatic heterocycles. The van der Waals surface area contributed by atoms with Crippen LogP contribution in [0.1, 0.15) is 25.7 Å². The van der Waals surface area contributed by atoms with Crippen LogP contribution in [0.2, 0.25) is 4.34 Å². The zero-order valence-electron chi connectivity index (χ0n) is 10.5. The molecule has 0 fully saturated rings. The van der Waals surface area contributed by atoms with Crippen LogP contribution in [0.5, 0.6) is 0 Å². The van der Waals surface area contributed by atoms with E-state index in [0.717, 1.165) is 15.6 Å². The molecule has 0 saturated heterocycles. The van der Waals surface area contributed by atoms with E-state index in [-0.39, 0.29) is 11.8 Å². The number of hydrogen-bond acceptors (Lipinski definition) is 5. The summed E-state index contributed by atoms with van der Waals surface area (Å²) in [6.45, 7) is 0.522. The van der Waals surface area contributed by atoms with Gasteiger partial charge in [0.25, 0.3) is 11.8 Å². The highest BCUT2D eigenvalue weighted by Gasteiger charge is 2.32. The van der Waals surface area contributed by atoms with Gasteiger partial charge >= 0.3 is 0 Å². The van der Waals surface area contributed by atoms with Crippen molar-refractivity contribution in [3.05, 3.63) is 44.9 Å². The van der Waals surface area contributed by atoms with Gasteiger partial charge < -0.3 is 5.32 Å². The maximum Gasteiger partial charge on any atom is 0.261 e. The summed E-state index contributed by atoms with van der Waals surface area (Å²) in [4.78, 5) is 28.9. The van der Waals surface area contributed by atoms with E-state index in [4.69, 9.17) is 11.6 Å². The average molecular weight is 308 g/mol. The molecule has 0 atom stereocenters. The molecule has 1 N–H and O–H groups in total. The van der Waals surface area contributed by atoms with Crippen LogP contribution < -0.4 is 5.32 Å². The van der Waals surface area contributed by atoms with Crippen LogP contribution in [-0.2, 0) is 6.54 Å². The van der Waals surface area contributed by atoms with Gasteiger partial charge in [0.05, 0.1) is 23.9 Å². The highest BCUT2D eigenvalue weighted by Crippen LogP contribution is 2.25. The summed E-state index contributed by atoms with van der Waals surface area (Å²) >= 11 is 7.21. The van der Waals surface area contributed by atoms with Crippen molar-refractivity contribution >= 4 is 40.4 Å². The second-order valence-electron chi connectivity index (χ2n) is 4.34. The van der Waals surface area contributed by atoms with Gasteiger partial charge in [-0.3, -0.25) is 14.5 Å². The third kappa shape index (κ3) is 2.17. The quantitative estimate of drug-likeness (QED) is 0.886. The number of rotatable bonds is 3. The number of carbonyl (C=O) groups is 2. The largest absolute Gasteiger partial charge is 0.379 e. The Morgan fingerprint density at radius 3 is 2.75 bits per heavy atom. The van der Waals surface area contributed by atoms with Crippen molar-refractivity contribution in [2.24, 2.45) is 0 Å². The van der Waals surface area contributed by atoms with Crippen LogP contribution in [-0.4, -0.2) is 28.7 Å². The number of carbonyl (C=O) groups excluding carboxylic acids is 2. The summed E-state index contributed by atoms with van der Waals surface area (Å²) in [6, 6.07) is 5.13. The SMILES string of the molecule is CN1C(=O)c2ccc(NCc3ncc(Cl)s3)cc2C1=O. The van der Waals surface area contributed by atoms with Gasteiger partial charge in [0.1, 0.15) is 9.34 Å². The fourth-order valence-electron chi connectivity index (χ4n) is 2.02. The lowest BCUT2D eigenvalue weighted by molar-refractivity contribution is 0.0693. The maximum absolute atomic E-state index is 11.9. The Hall–Kier alpha value is -1.92. The van der Waals surface area contributed by atoms with Crippen molar-refractivity contribution in [2.75, 3.05) is 12.4 Å². The number of anilines is 1. The minimum absolute atomic E-state index is 0.261. The number of halogens is 1. The van der Waals surface area contributed by atoms with E-state index in [9.17, 15) is 9.59 Å². The van der Waals surface area contributed by atoms with Crippen molar-refractivity contribution in [2.45, 2.75) is 6.54 Å². The lowest BCUT2D eigenvalue weighted by Gasteiger charge is -2.05. The number of nitrogens with one attached hydrogen (secondary N) is 1. The van der Waals surface area contributed by atoms with Gasteiger partial charge in [-0.05, 0) is 18.2 Å². The lowest BCUT2D eigenvalue weighted by atomic mass is 10.1. The molecule has 0 bridgehead atoms. The first-order chi connectivity index (χ1) is 9.56. The van der Waals surface area contributed by atoms with Crippen LogP contribution in [0.3, 0.4) is 0 Å². The van der Waals surface area contributed by atoms with Gasteiger partial charge in [-0.2, -0.15) is 0 Å². The molecule has 102 valence electrons. The van der Waals surface area contributed by atoms with Crippen LogP contribution in [0, 0.1) is 0 Å². The van der Waals surface area contributed by atoms with Crippen LogP contribution in [0.15, 0.2) is 24.4 Å². The Bertz CT molecular complexity index is 713. The molecule has 2 heterocycles. The van der Waals surface area contributed by atoms with E-state index in [1.807, 2.05) is 0 Å². The topological polar surface area (TPSA) is 62.3 Å². The van der Waals surface area contributed by atoms with Crippen LogP contribution in [0.25, 0.3) is 0 Å². The first-order valence-electron chi connectivity index (χ1n) is 5.87. The standard InChI is InChI=1S/C13H10ClN3O2S/c1-17-12(18)8-3-2-7(4-9(8)13(17)19)15-6-11-16-5-10(14)20-11/h2-5,15H,6H2,1H3. The monoisotopic (exact) mass is 307 g/mol. The molecule has 1 aliphatic rings. The molecule has 1 aromatic carbocycles. The Balaban J connectivity index is 1.80. The lowest BCUT2D eigenvalue weighted by Crippen LogP contribution is -2.24. The third-order valence-corrected chi connectivity index (χ3v) is 4.17. The van der Waals surface area contributed by atoms with Gasteiger partial charge in [0, 0.05) is 12.7 Å². The molecular weight excluding hydrogens is 298 g/mol. The van der Waals surface area contributed by atoms with Crippen molar-refractivity contribution in [1.82, 2.24) is 9.88 Å². The average Bonchev–Trinajstić information content (AvgIpc) is 2.95. The molecular formula is C13H10ClN3O2S. The van der Waals surface area contributed by atoms with Crippen molar-refractivity contribution in [3.8, 4) is 0 Å². The summed E-state index contributed by atoms with van der Waals surface area (Å²) in [5.74, 6) is -0.533. The number of fused-ring (bicyclic) bond motifs is 1. The van der Waals surface area contributed by atoms with Gasteiger partial charge in [0.15, 0.2) is 0 Å². The first-order valence-corrected chi connectivity index (χ1v) is 7.06. The highest BCUT2D eigenvalue weighted by atomic mass is 35.5. The van der Waals surface area contributed by atoms with Crippen molar-refractivity contribution in [3.63, 3.8) is 0 Å². The van der Waals surface area contributed by atoms with Crippen LogP contribution in [0.4, 0.5) is 5.69 Å². The minimum Gasteiger partial charge on any atom is -0.379 e. The summed E-state index contributed by atoms with van der Waals surface area (Å²) < 4.78 is 0.637. The molecule has 2 aromatic rings. The molecule has 3 rings (SSSR count). The number of thiazole rings is 1. The third-order valence-electron chi connectivity index (χ3n) is 3.06. The van der Waals surface area contributed by atoms with E-state index < -0.39 is 0 Å². The summed E-state index contributed by atoms with van der Waals surface area (Å²) in [5, 5.41) is 4.02. The minimum atomic E-state index is -0.272. The number of aromatic nitrogens is 1. The molecule has 0 radical (unpaired) electrons. The predicted molar refractivity (Wildman–Crippen MR) is 77.3 cm³/mol. The predicted octanol–water partition coefficient (Wildman–Crippen LogP) is 2.63. The van der Waals surface area contributed by atoms with Gasteiger partial charge in [-0.1, -0.05) is 11.6 Å². The van der Waals surface area contributed by atoms with E-state index in [1.54, 1.807) is 24.4 Å². The molecule has 7 heteroatoms. The highest BCUT2D eigenvalue weighted by molar-refractivity contribution is 7.15. The molecule has 0 aliphatic carbocycles. The van der Waals surface area contributed by atoms with Gasteiger partial charge in [0.2, 0.25) is 0 Å². The van der Waals surface area contributed by atoms with Gasteiger partial charge in [-0.15, -0.1) is 11.3 Å². The number of imide groups is 1. The summed E-state index contributed by atoms with van der Waals surface area (Å²) in [6.07, 6.45) is 1.60. The molecule has 5 nitrogen and oxygen atoms in total. The molecule has 2 amide bonds. The second kappa shape index (κ2) is 4.88. The van der Waals surface area contributed by atoms with Crippen molar-refractivity contribution in [1.29, 1.82) is 0 Å². The van der Waals surface area contributed by atoms with E-state index >= 15 is 0 Å². The number of amides is 2. The fourth-order valence-corrected chi connectivity index (χ4v) is 2.91. The van der Waals surface area contributed by atoms with Crippen molar-refractivity contribution < 1.29 is 9.59 Å². The Labute approximate surface area is 124 Å². The second-order valence-corrected chi connectivity index (χ2v) is 6.09. The maximum atomic E-state index is 11.9. The zero-order valence-corrected chi connectivity index (χ0v) is 12.1. The molecule has 1 aromatic heterocycles. The van der Waals surface area contributed by atoms with E-state index in [2.05, 4.69) is 10.3 Å². The fraction of sp³-hybridized carbons (Fsp3) is 0.154. The molecule has 0 unspecified atom stereocenters. The number of hydrogen-bond donors (Lipinski definition) is 1. The summed E-state index contributed by atoms with van der Waals surface area (Å²) in [5.41, 5.74) is 1.64. The van der Waals surface area contributed by atoms with Gasteiger partial charge in [-0.25, -0.2) is 4.98 Å².